The van der Waals surface area contributed by atoms with E-state index in [0.29, 0.717) is 36.5 Å². The summed E-state index contributed by atoms with van der Waals surface area (Å²) in [6.45, 7) is 3.50. The number of nitrogens with one attached hydrogen (secondary N) is 1. The van der Waals surface area contributed by atoms with Crippen LogP contribution in [0.3, 0.4) is 0 Å². The molecule has 3 heterocycles. The van der Waals surface area contributed by atoms with Crippen LogP contribution in [0, 0.1) is 5.92 Å². The molecule has 126 valence electrons. The van der Waals surface area contributed by atoms with Crippen molar-refractivity contribution >= 4 is 0 Å². The first-order valence-electron chi connectivity index (χ1n) is 9.29. The molecule has 5 heteroatoms. The van der Waals surface area contributed by atoms with E-state index in [0.717, 1.165) is 44.1 Å². The molecule has 0 amide bonds. The van der Waals surface area contributed by atoms with E-state index in [9.17, 15) is 0 Å². The first-order valence-corrected chi connectivity index (χ1v) is 9.29. The second-order valence-corrected chi connectivity index (χ2v) is 7.76. The third-order valence-electron chi connectivity index (χ3n) is 6.15. The Morgan fingerprint density at radius 1 is 1.09 bits per heavy atom. The van der Waals surface area contributed by atoms with Gasteiger partial charge in [-0.25, -0.2) is 0 Å². The molecule has 2 bridgehead atoms. The lowest BCUT2D eigenvalue weighted by atomic mass is 9.92. The molecular formula is C18H26N2O3. The molecule has 1 aromatic rings. The van der Waals surface area contributed by atoms with Crippen molar-refractivity contribution in [2.24, 2.45) is 5.92 Å². The Kier molecular flexibility index (Phi) is 3.68. The number of nitrogens with zero attached hydrogens (tertiary/aromatic N) is 1. The molecule has 0 unspecified atom stereocenters. The minimum absolute atomic E-state index is 0.422. The molecule has 5 nitrogen and oxygen atoms in total. The molecule has 2 aliphatic heterocycles. The maximum Gasteiger partial charge on any atom is 0.145 e. The Morgan fingerprint density at radius 2 is 1.96 bits per heavy atom. The van der Waals surface area contributed by atoms with Crippen LogP contribution < -0.4 is 5.32 Å². The highest BCUT2D eigenvalue weighted by atomic mass is 16.5. The summed E-state index contributed by atoms with van der Waals surface area (Å²) in [7, 11) is 0. The summed E-state index contributed by atoms with van der Waals surface area (Å²) in [5.74, 6) is 2.90. The van der Waals surface area contributed by atoms with Gasteiger partial charge < -0.3 is 19.3 Å². The maximum atomic E-state index is 6.36. The average molecular weight is 318 g/mol. The van der Waals surface area contributed by atoms with Crippen molar-refractivity contribution in [1.29, 1.82) is 0 Å². The second kappa shape index (κ2) is 5.87. The number of piperidine rings is 1. The van der Waals surface area contributed by atoms with E-state index in [-0.39, 0.29) is 0 Å². The number of rotatable bonds is 5. The van der Waals surface area contributed by atoms with Crippen molar-refractivity contribution in [3.8, 4) is 0 Å². The van der Waals surface area contributed by atoms with Crippen LogP contribution in [0.4, 0.5) is 0 Å². The van der Waals surface area contributed by atoms with Gasteiger partial charge in [0.2, 0.25) is 0 Å². The maximum absolute atomic E-state index is 6.36. The van der Waals surface area contributed by atoms with E-state index in [1.165, 1.54) is 31.2 Å². The molecule has 1 aromatic heterocycles. The Hall–Kier alpha value is -0.910. The molecule has 3 atom stereocenters. The molecule has 4 aliphatic rings. The van der Waals surface area contributed by atoms with Gasteiger partial charge in [0.15, 0.2) is 0 Å². The third-order valence-corrected chi connectivity index (χ3v) is 6.15. The molecule has 2 saturated heterocycles. The van der Waals surface area contributed by atoms with Crippen LogP contribution in [0.1, 0.15) is 67.4 Å². The standard InChI is InChI=1S/C18H26N2O3/c1-2-12(1)18-15(10-22-16-8-14-7-13(16)9-19-14)17(20-23-18)11-3-5-21-6-4-11/h11-14,16,19H,1-10H2/t13-,14-,16+/m0/s1. The first-order chi connectivity index (χ1) is 11.4. The fraction of sp³-hybridized carbons (Fsp3) is 0.833. The molecule has 1 N–H and O–H groups in total. The Balaban J connectivity index is 1.33. The third kappa shape index (κ3) is 2.73. The molecular weight excluding hydrogens is 292 g/mol. The predicted molar refractivity (Wildman–Crippen MR) is 84.4 cm³/mol. The number of hydrogen-bond donors (Lipinski definition) is 1. The zero-order valence-corrected chi connectivity index (χ0v) is 13.6. The molecule has 5 rings (SSSR count). The van der Waals surface area contributed by atoms with Gasteiger partial charge in [-0.05, 0) is 44.4 Å². The van der Waals surface area contributed by atoms with Crippen LogP contribution in [0.2, 0.25) is 0 Å². The second-order valence-electron chi connectivity index (χ2n) is 7.76. The van der Waals surface area contributed by atoms with Gasteiger partial charge in [-0.15, -0.1) is 0 Å². The van der Waals surface area contributed by atoms with Crippen molar-refractivity contribution < 1.29 is 14.0 Å². The summed E-state index contributed by atoms with van der Waals surface area (Å²) >= 11 is 0. The van der Waals surface area contributed by atoms with E-state index in [1.807, 2.05) is 0 Å². The highest BCUT2D eigenvalue weighted by Crippen LogP contribution is 2.45. The van der Waals surface area contributed by atoms with Crippen molar-refractivity contribution in [1.82, 2.24) is 10.5 Å². The zero-order valence-electron chi connectivity index (χ0n) is 13.6. The summed E-state index contributed by atoms with van der Waals surface area (Å²) in [5, 5.41) is 8.03. The van der Waals surface area contributed by atoms with Crippen LogP contribution in [0.25, 0.3) is 0 Å². The summed E-state index contributed by atoms with van der Waals surface area (Å²) in [4.78, 5) is 0. The Labute approximate surface area is 137 Å². The smallest absolute Gasteiger partial charge is 0.145 e. The lowest BCUT2D eigenvalue weighted by Crippen LogP contribution is -2.34. The van der Waals surface area contributed by atoms with Crippen LogP contribution in [0.15, 0.2) is 4.52 Å². The minimum atomic E-state index is 0.422. The largest absolute Gasteiger partial charge is 0.381 e. The van der Waals surface area contributed by atoms with Gasteiger partial charge in [-0.2, -0.15) is 0 Å². The summed E-state index contributed by atoms with van der Waals surface area (Å²) in [5.41, 5.74) is 2.44. The van der Waals surface area contributed by atoms with Gasteiger partial charge in [0.25, 0.3) is 0 Å². The van der Waals surface area contributed by atoms with Crippen LogP contribution in [-0.2, 0) is 16.1 Å². The summed E-state index contributed by atoms with van der Waals surface area (Å²) in [6, 6.07) is 0.686. The molecule has 0 aromatic carbocycles. The predicted octanol–water partition coefficient (Wildman–Crippen LogP) is 2.71. The van der Waals surface area contributed by atoms with E-state index in [4.69, 9.17) is 14.0 Å². The van der Waals surface area contributed by atoms with Gasteiger partial charge in [-0.3, -0.25) is 0 Å². The number of hydrogen-bond acceptors (Lipinski definition) is 5. The monoisotopic (exact) mass is 318 g/mol. The summed E-state index contributed by atoms with van der Waals surface area (Å²) in [6.07, 6.45) is 7.48. The average Bonchev–Trinajstić information content (AvgIpc) is 3.04. The normalized spacial score (nSPS) is 34.3. The zero-order chi connectivity index (χ0) is 15.2. The van der Waals surface area contributed by atoms with E-state index in [2.05, 4.69) is 10.5 Å². The Morgan fingerprint density at radius 3 is 2.65 bits per heavy atom. The van der Waals surface area contributed by atoms with Crippen molar-refractivity contribution in [2.75, 3.05) is 19.8 Å². The van der Waals surface area contributed by atoms with Crippen molar-refractivity contribution in [3.63, 3.8) is 0 Å². The topological polar surface area (TPSA) is 56.5 Å². The van der Waals surface area contributed by atoms with Gasteiger partial charge in [0.05, 0.1) is 18.4 Å². The highest BCUT2D eigenvalue weighted by molar-refractivity contribution is 5.30. The van der Waals surface area contributed by atoms with Crippen molar-refractivity contribution in [2.45, 2.75) is 69.1 Å². The molecule has 2 saturated carbocycles. The van der Waals surface area contributed by atoms with Gasteiger partial charge in [0.1, 0.15) is 5.76 Å². The van der Waals surface area contributed by atoms with E-state index < -0.39 is 0 Å². The molecule has 0 spiro atoms. The van der Waals surface area contributed by atoms with Crippen LogP contribution >= 0.6 is 0 Å². The first kappa shape index (κ1) is 14.4. The number of ether oxygens (including phenoxy) is 2. The fourth-order valence-electron chi connectivity index (χ4n) is 4.62. The lowest BCUT2D eigenvalue weighted by Gasteiger charge is -2.24. The lowest BCUT2D eigenvalue weighted by molar-refractivity contribution is 0.00822. The van der Waals surface area contributed by atoms with Gasteiger partial charge >= 0.3 is 0 Å². The Bertz CT molecular complexity index is 563. The quantitative estimate of drug-likeness (QED) is 0.904. The molecule has 23 heavy (non-hydrogen) atoms. The van der Waals surface area contributed by atoms with Crippen molar-refractivity contribution in [3.05, 3.63) is 17.0 Å². The number of fused-ring (bicyclic) bond motifs is 2. The van der Waals surface area contributed by atoms with Gasteiger partial charge in [0, 0.05) is 43.2 Å². The molecule has 4 fully saturated rings. The highest BCUT2D eigenvalue weighted by Gasteiger charge is 2.41. The number of aromatic nitrogens is 1. The van der Waals surface area contributed by atoms with E-state index in [1.54, 1.807) is 0 Å². The SMILES string of the molecule is C1CC(c2noc(C3CC3)c2CO[C@@H]2C[C@@H]3C[C@H]2CN3)CCO1. The van der Waals surface area contributed by atoms with E-state index >= 15 is 0 Å². The fourth-order valence-corrected chi connectivity index (χ4v) is 4.62. The van der Waals surface area contributed by atoms with Crippen LogP contribution in [0.5, 0.6) is 0 Å². The molecule has 2 aliphatic carbocycles. The molecule has 0 radical (unpaired) electrons. The summed E-state index contributed by atoms with van der Waals surface area (Å²) < 4.78 is 17.6. The van der Waals surface area contributed by atoms with Gasteiger partial charge in [-0.1, -0.05) is 5.16 Å². The van der Waals surface area contributed by atoms with Crippen LogP contribution in [-0.4, -0.2) is 37.1 Å². The minimum Gasteiger partial charge on any atom is -0.381 e.